The summed E-state index contributed by atoms with van der Waals surface area (Å²) in [6.45, 7) is 0.172. The number of aromatic nitrogens is 2. The smallest absolute Gasteiger partial charge is 0.396 e. The summed E-state index contributed by atoms with van der Waals surface area (Å²) < 4.78 is 66.2. The molecule has 1 aromatic heterocycles. The summed E-state index contributed by atoms with van der Waals surface area (Å²) in [4.78, 5) is 49.5. The number of hydrogen-bond acceptors (Lipinski definition) is 11. The van der Waals surface area contributed by atoms with Crippen molar-refractivity contribution in [1.29, 1.82) is 0 Å². The lowest BCUT2D eigenvalue weighted by Gasteiger charge is -2.28. The van der Waals surface area contributed by atoms with Crippen molar-refractivity contribution in [2.24, 2.45) is 5.92 Å². The highest BCUT2D eigenvalue weighted by Crippen LogP contribution is 2.67. The number of rotatable bonds is 9. The van der Waals surface area contributed by atoms with Gasteiger partial charge in [-0.25, -0.2) is 22.9 Å². The summed E-state index contributed by atoms with van der Waals surface area (Å²) in [6.07, 6.45) is 1.11. The van der Waals surface area contributed by atoms with Crippen molar-refractivity contribution in [3.05, 3.63) is 22.5 Å². The maximum atomic E-state index is 13.9. The number of nitrogen functional groups attached to an aromatic ring is 1. The third-order valence-electron chi connectivity index (χ3n) is 4.36. The van der Waals surface area contributed by atoms with Crippen molar-refractivity contribution < 1.29 is 60.6 Å². The van der Waals surface area contributed by atoms with Gasteiger partial charge in [-0.2, -0.15) is 13.6 Å². The molecule has 1 aromatic rings. The number of terminal acetylenes is 1. The summed E-state index contributed by atoms with van der Waals surface area (Å²) in [5.41, 5.74) is 4.08. The first-order valence-electron chi connectivity index (χ1n) is 8.65. The van der Waals surface area contributed by atoms with Crippen LogP contribution in [0.15, 0.2) is 11.0 Å². The number of nitrogens with two attached hydrogens (primary N) is 1. The minimum absolute atomic E-state index is 0.527. The molecule has 0 saturated carbocycles. The van der Waals surface area contributed by atoms with Gasteiger partial charge in [0.1, 0.15) is 0 Å². The van der Waals surface area contributed by atoms with Crippen LogP contribution in [-0.2, 0) is 31.6 Å². The van der Waals surface area contributed by atoms with Gasteiger partial charge in [-0.15, -0.1) is 6.42 Å². The Labute approximate surface area is 194 Å². The molecule has 16 nitrogen and oxygen atoms in total. The zero-order chi connectivity index (χ0) is 26.3. The van der Waals surface area contributed by atoms with Crippen LogP contribution in [0.1, 0.15) is 13.2 Å². The summed E-state index contributed by atoms with van der Waals surface area (Å²) >= 11 is 6.40. The van der Waals surface area contributed by atoms with E-state index in [1.165, 1.54) is 0 Å². The van der Waals surface area contributed by atoms with Gasteiger partial charge in [-0.1, -0.05) is 17.5 Å². The number of phosphoric acid groups is 3. The number of nitrogens with zero attached hydrogens (tertiary/aromatic N) is 2. The molecular weight excluding hydrogens is 554 g/mol. The van der Waals surface area contributed by atoms with Crippen LogP contribution >= 0.6 is 35.1 Å². The highest BCUT2D eigenvalue weighted by Gasteiger charge is 2.58. The quantitative estimate of drug-likeness (QED) is 0.128. The van der Waals surface area contributed by atoms with Gasteiger partial charge >= 0.3 is 29.2 Å². The molecule has 0 aromatic carbocycles. The molecule has 192 valence electrons. The summed E-state index contributed by atoms with van der Waals surface area (Å²) in [6, 6.07) is 0. The van der Waals surface area contributed by atoms with E-state index in [4.69, 9.17) is 38.3 Å². The largest absolute Gasteiger partial charge is 0.490 e. The first-order chi connectivity index (χ1) is 15.4. The second-order valence-corrected chi connectivity index (χ2v) is 11.7. The normalized spacial score (nSPS) is 29.7. The third-order valence-corrected chi connectivity index (χ3v) is 8.87. The highest BCUT2D eigenvalue weighted by molar-refractivity contribution is 7.66. The molecule has 4 unspecified atom stereocenters. The van der Waals surface area contributed by atoms with Crippen LogP contribution in [0.2, 0.25) is 0 Å². The van der Waals surface area contributed by atoms with Gasteiger partial charge in [0, 0.05) is 5.92 Å². The maximum absolute atomic E-state index is 13.9. The number of alkyl halides is 1. The van der Waals surface area contributed by atoms with E-state index in [2.05, 4.69) is 24.0 Å². The molecule has 7 atom stereocenters. The lowest BCUT2D eigenvalue weighted by molar-refractivity contribution is -0.0668. The van der Waals surface area contributed by atoms with Crippen LogP contribution in [0.25, 0.3) is 0 Å². The number of phosphoric ester groups is 1. The van der Waals surface area contributed by atoms with E-state index in [0.29, 0.717) is 10.8 Å². The van der Waals surface area contributed by atoms with Gasteiger partial charge in [0.2, 0.25) is 0 Å². The van der Waals surface area contributed by atoms with Crippen molar-refractivity contribution in [2.75, 3.05) is 12.3 Å². The Kier molecular flexibility index (Phi) is 8.57. The molecule has 1 aliphatic heterocycles. The second kappa shape index (κ2) is 10.0. The van der Waals surface area contributed by atoms with Crippen LogP contribution in [0.5, 0.6) is 0 Å². The Morgan fingerprint density at radius 1 is 1.35 bits per heavy atom. The fraction of sp³-hybridized carbons (Fsp3) is 0.538. The number of aliphatic hydroxyl groups is 1. The molecule has 0 aliphatic carbocycles. The monoisotopic (exact) mass is 571 g/mol. The zero-order valence-corrected chi connectivity index (χ0v) is 20.2. The predicted octanol–water partition coefficient (Wildman–Crippen LogP) is -0.187. The number of halogens is 2. The number of anilines is 1. The summed E-state index contributed by atoms with van der Waals surface area (Å²) in [5.74, 6) is -1.16. The van der Waals surface area contributed by atoms with E-state index in [0.717, 1.165) is 6.92 Å². The highest BCUT2D eigenvalue weighted by atomic mass is 35.5. The summed E-state index contributed by atoms with van der Waals surface area (Å²) in [7, 11) is -17.0. The van der Waals surface area contributed by atoms with E-state index < -0.39 is 76.6 Å². The maximum Gasteiger partial charge on any atom is 0.490 e. The van der Waals surface area contributed by atoms with E-state index in [9.17, 15) is 37.8 Å². The zero-order valence-electron chi connectivity index (χ0n) is 16.7. The Morgan fingerprint density at radius 2 is 1.94 bits per heavy atom. The Balaban J connectivity index is 2.36. The van der Waals surface area contributed by atoms with Crippen LogP contribution in [0, 0.1) is 24.1 Å². The van der Waals surface area contributed by atoms with Crippen molar-refractivity contribution in [3.8, 4) is 12.3 Å². The fourth-order valence-corrected chi connectivity index (χ4v) is 6.63. The standard InChI is InChI=1S/C13H18ClFN3O13P3/c1-3-13(14)7(5-19)9(28-11(13)18-4-8(15)10(16)17-12(18)20)6(2)29-33(24,25)31-34(26,27)30-32(21,22)23/h1,4,6-7,9,11,19H,5H2,2H3,(H,24,25)(H,26,27)(H2,16,17,20)(H2,21,22,23)/t6-,7?,9-,11-,13?/m1/s1. The van der Waals surface area contributed by atoms with Gasteiger partial charge in [0.05, 0.1) is 25.0 Å². The van der Waals surface area contributed by atoms with E-state index in [-0.39, 0.29) is 0 Å². The molecule has 1 fully saturated rings. The Morgan fingerprint density at radius 3 is 2.44 bits per heavy atom. The van der Waals surface area contributed by atoms with Crippen LogP contribution in [-0.4, -0.2) is 57.9 Å². The molecule has 0 amide bonds. The van der Waals surface area contributed by atoms with E-state index in [1.54, 1.807) is 0 Å². The molecule has 2 heterocycles. The molecule has 0 spiro atoms. The number of hydrogen-bond donors (Lipinski definition) is 6. The van der Waals surface area contributed by atoms with Crippen molar-refractivity contribution in [3.63, 3.8) is 0 Å². The third kappa shape index (κ3) is 6.51. The van der Waals surface area contributed by atoms with E-state index >= 15 is 0 Å². The van der Waals surface area contributed by atoms with E-state index in [1.807, 2.05) is 0 Å². The van der Waals surface area contributed by atoms with Crippen molar-refractivity contribution in [1.82, 2.24) is 9.55 Å². The molecule has 21 heteroatoms. The molecule has 0 bridgehead atoms. The fourth-order valence-electron chi connectivity index (χ4n) is 3.08. The molecule has 1 aliphatic rings. The topological polar surface area (TPSA) is 250 Å². The molecule has 1 saturated heterocycles. The van der Waals surface area contributed by atoms with Crippen LogP contribution < -0.4 is 11.4 Å². The number of aliphatic hydroxyl groups excluding tert-OH is 1. The molecule has 34 heavy (non-hydrogen) atoms. The predicted molar refractivity (Wildman–Crippen MR) is 109 cm³/mol. The number of ether oxygens (including phenoxy) is 1. The Bertz CT molecular complexity index is 1190. The average Bonchev–Trinajstić information content (AvgIpc) is 2.94. The van der Waals surface area contributed by atoms with Crippen LogP contribution in [0.4, 0.5) is 10.2 Å². The SMILES string of the molecule is C#CC1(Cl)C(CO)[C@@H]([C@@H](C)OP(=O)(O)OP(=O)(O)OP(=O)(O)O)O[C@H]1n1cc(F)c(N)nc1=O. The minimum Gasteiger partial charge on any atom is -0.396 e. The second-order valence-electron chi connectivity index (χ2n) is 6.72. The first-order valence-corrected chi connectivity index (χ1v) is 13.5. The van der Waals surface area contributed by atoms with Gasteiger partial charge < -0.3 is 35.2 Å². The first kappa shape index (κ1) is 29.0. The lowest BCUT2D eigenvalue weighted by atomic mass is 9.87. The van der Waals surface area contributed by atoms with Crippen LogP contribution in [0.3, 0.4) is 0 Å². The van der Waals surface area contributed by atoms with Crippen molar-refractivity contribution >= 4 is 40.9 Å². The molecule has 2 rings (SSSR count). The molecular formula is C13H18ClFN3O13P3. The van der Waals surface area contributed by atoms with Gasteiger partial charge in [-0.3, -0.25) is 9.09 Å². The molecule has 0 radical (unpaired) electrons. The lowest BCUT2D eigenvalue weighted by Crippen LogP contribution is -2.43. The van der Waals surface area contributed by atoms with Gasteiger partial charge in [-0.05, 0) is 6.92 Å². The Hall–Kier alpha value is -1.21. The average molecular weight is 572 g/mol. The summed E-state index contributed by atoms with van der Waals surface area (Å²) in [5, 5.41) is 9.83. The minimum atomic E-state index is -5.81. The van der Waals surface area contributed by atoms with Gasteiger partial charge in [0.25, 0.3) is 0 Å². The van der Waals surface area contributed by atoms with Gasteiger partial charge in [0.15, 0.2) is 22.7 Å². The molecule has 7 N–H and O–H groups in total. The van der Waals surface area contributed by atoms with Crippen molar-refractivity contribution in [2.45, 2.75) is 30.2 Å².